The normalized spacial score (nSPS) is 15.7. The van der Waals surface area contributed by atoms with Crippen molar-refractivity contribution in [2.75, 3.05) is 6.61 Å². The fourth-order valence-electron chi connectivity index (χ4n) is 1.68. The van der Waals surface area contributed by atoms with Crippen molar-refractivity contribution in [2.24, 2.45) is 5.92 Å². The van der Waals surface area contributed by atoms with E-state index in [2.05, 4.69) is 24.4 Å². The Morgan fingerprint density at radius 3 is 2.09 bits per heavy atom. The molecule has 0 aromatic heterocycles. The highest BCUT2D eigenvalue weighted by Crippen LogP contribution is 2.29. The summed E-state index contributed by atoms with van der Waals surface area (Å²) in [4.78, 5) is 0.316. The number of halogens is 3. The van der Waals surface area contributed by atoms with Gasteiger partial charge in [0, 0.05) is 6.04 Å². The third kappa shape index (κ3) is 7.15. The summed E-state index contributed by atoms with van der Waals surface area (Å²) in [7, 11) is -3.27. The van der Waals surface area contributed by atoms with Crippen molar-refractivity contribution in [1.82, 2.24) is 4.72 Å². The molecule has 0 aliphatic carbocycles. The molecule has 0 aliphatic rings. The van der Waals surface area contributed by atoms with Crippen molar-refractivity contribution in [3.8, 4) is 0 Å². The lowest BCUT2D eigenvalue weighted by molar-refractivity contribution is -0.137. The van der Waals surface area contributed by atoms with Gasteiger partial charge in [0.2, 0.25) is 0 Å². The third-order valence-corrected chi connectivity index (χ3v) is 5.40. The third-order valence-electron chi connectivity index (χ3n) is 3.15. The van der Waals surface area contributed by atoms with E-state index in [9.17, 15) is 17.4 Å². The van der Waals surface area contributed by atoms with Crippen LogP contribution >= 0.6 is 0 Å². The lowest BCUT2D eigenvalue weighted by atomic mass is 10.1. The fourth-order valence-corrected chi connectivity index (χ4v) is 3.49. The zero-order chi connectivity index (χ0) is 17.8. The standard InChI is InChI=1S/C15H24F3NO2SSi/c1-11(2)14(10-21-23(3,4)5)19-22(20)13-8-6-12(7-9-13)15(16,17)18/h6-9,11,14,19H,10H2,1-5H3/t14-,22?/m0/s1. The number of hydrogen-bond acceptors (Lipinski definition) is 2. The molecule has 0 radical (unpaired) electrons. The van der Waals surface area contributed by atoms with E-state index in [0.717, 1.165) is 12.1 Å². The molecule has 1 aromatic carbocycles. The van der Waals surface area contributed by atoms with Crippen LogP contribution < -0.4 is 4.72 Å². The van der Waals surface area contributed by atoms with Gasteiger partial charge < -0.3 is 4.43 Å². The minimum Gasteiger partial charge on any atom is -0.416 e. The summed E-state index contributed by atoms with van der Waals surface area (Å²) >= 11 is 0. The summed E-state index contributed by atoms with van der Waals surface area (Å²) in [5.74, 6) is 0.185. The van der Waals surface area contributed by atoms with Gasteiger partial charge in [0.25, 0.3) is 0 Å². The van der Waals surface area contributed by atoms with E-state index < -0.39 is 31.0 Å². The fraction of sp³-hybridized carbons (Fsp3) is 0.600. The van der Waals surface area contributed by atoms with E-state index in [1.807, 2.05) is 13.8 Å². The van der Waals surface area contributed by atoms with Crippen molar-refractivity contribution in [1.29, 1.82) is 0 Å². The summed E-state index contributed by atoms with van der Waals surface area (Å²) < 4.78 is 58.8. The second-order valence-electron chi connectivity index (χ2n) is 6.68. The van der Waals surface area contributed by atoms with Gasteiger partial charge in [-0.25, -0.2) is 8.93 Å². The van der Waals surface area contributed by atoms with E-state index in [1.165, 1.54) is 12.1 Å². The van der Waals surface area contributed by atoms with E-state index in [4.69, 9.17) is 4.43 Å². The maximum atomic E-state index is 12.5. The van der Waals surface area contributed by atoms with Crippen LogP contribution in [0, 0.1) is 5.92 Å². The van der Waals surface area contributed by atoms with Gasteiger partial charge in [-0.15, -0.1) is 0 Å². The molecule has 1 N–H and O–H groups in total. The Morgan fingerprint density at radius 2 is 1.70 bits per heavy atom. The first-order chi connectivity index (χ1) is 10.4. The Hall–Kier alpha value is -0.703. The zero-order valence-electron chi connectivity index (χ0n) is 14.0. The van der Waals surface area contributed by atoms with E-state index in [-0.39, 0.29) is 12.0 Å². The molecule has 3 nitrogen and oxygen atoms in total. The highest BCUT2D eigenvalue weighted by molar-refractivity contribution is 7.83. The zero-order valence-corrected chi connectivity index (χ0v) is 15.8. The molecule has 0 saturated carbocycles. The van der Waals surface area contributed by atoms with Crippen LogP contribution in [0.3, 0.4) is 0 Å². The molecule has 1 unspecified atom stereocenters. The quantitative estimate of drug-likeness (QED) is 0.734. The van der Waals surface area contributed by atoms with Gasteiger partial charge in [-0.3, -0.25) is 0 Å². The molecule has 0 bridgehead atoms. The Bertz CT molecular complexity index is 527. The van der Waals surface area contributed by atoms with Crippen molar-refractivity contribution < 1.29 is 21.8 Å². The van der Waals surface area contributed by atoms with Crippen LogP contribution in [-0.2, 0) is 21.6 Å². The molecule has 23 heavy (non-hydrogen) atoms. The minimum absolute atomic E-state index is 0.134. The smallest absolute Gasteiger partial charge is 0.416 e. The number of benzene rings is 1. The molecular formula is C15H24F3NO2SSi. The Morgan fingerprint density at radius 1 is 1.17 bits per heavy atom. The maximum absolute atomic E-state index is 12.5. The molecule has 1 rings (SSSR count). The lowest BCUT2D eigenvalue weighted by Gasteiger charge is -2.26. The summed E-state index contributed by atoms with van der Waals surface area (Å²) in [5, 5.41) is 0. The summed E-state index contributed by atoms with van der Waals surface area (Å²) in [6.45, 7) is 10.6. The molecule has 0 amide bonds. The Labute approximate surface area is 139 Å². The first-order valence-corrected chi connectivity index (χ1v) is 11.9. The molecule has 132 valence electrons. The second kappa shape index (κ2) is 7.91. The summed E-state index contributed by atoms with van der Waals surface area (Å²) in [6.07, 6.45) is -4.39. The van der Waals surface area contributed by atoms with Crippen LogP contribution in [0.25, 0.3) is 0 Å². The highest BCUT2D eigenvalue weighted by Gasteiger charge is 2.30. The molecule has 0 heterocycles. The van der Waals surface area contributed by atoms with Crippen LogP contribution in [-0.4, -0.2) is 25.2 Å². The molecule has 1 aromatic rings. The average Bonchev–Trinajstić information content (AvgIpc) is 2.41. The molecule has 0 spiro atoms. The van der Waals surface area contributed by atoms with Crippen molar-refractivity contribution >= 4 is 19.3 Å². The van der Waals surface area contributed by atoms with E-state index in [1.54, 1.807) is 0 Å². The SMILES string of the molecule is CC(C)[C@H](CO[Si](C)(C)C)NS(=O)c1ccc(C(F)(F)F)cc1. The van der Waals surface area contributed by atoms with Gasteiger partial charge >= 0.3 is 6.18 Å². The highest BCUT2D eigenvalue weighted by atomic mass is 32.2. The summed E-state index contributed by atoms with van der Waals surface area (Å²) in [6, 6.07) is 4.23. The predicted octanol–water partition coefficient (Wildman–Crippen LogP) is 4.19. The molecule has 0 fully saturated rings. The number of nitrogens with one attached hydrogen (secondary N) is 1. The van der Waals surface area contributed by atoms with Crippen LogP contribution in [0.15, 0.2) is 29.2 Å². The van der Waals surface area contributed by atoms with Gasteiger partial charge in [0.15, 0.2) is 8.32 Å². The minimum atomic E-state index is -4.39. The molecule has 0 saturated heterocycles. The van der Waals surface area contributed by atoms with Crippen molar-refractivity contribution in [3.63, 3.8) is 0 Å². The monoisotopic (exact) mass is 367 g/mol. The topological polar surface area (TPSA) is 38.3 Å². The second-order valence-corrected chi connectivity index (χ2v) is 12.4. The van der Waals surface area contributed by atoms with Gasteiger partial charge in [-0.2, -0.15) is 13.2 Å². The largest absolute Gasteiger partial charge is 0.416 e. The van der Waals surface area contributed by atoms with Crippen molar-refractivity contribution in [3.05, 3.63) is 29.8 Å². The lowest BCUT2D eigenvalue weighted by Crippen LogP contribution is -2.42. The van der Waals surface area contributed by atoms with Crippen LogP contribution in [0.1, 0.15) is 19.4 Å². The van der Waals surface area contributed by atoms with Gasteiger partial charge in [-0.1, -0.05) is 13.8 Å². The van der Waals surface area contributed by atoms with Gasteiger partial charge in [0.05, 0.1) is 17.1 Å². The Kier molecular flexibility index (Phi) is 7.00. The Balaban J connectivity index is 2.75. The van der Waals surface area contributed by atoms with Gasteiger partial charge in [-0.05, 0) is 49.8 Å². The van der Waals surface area contributed by atoms with Crippen LogP contribution in [0.5, 0.6) is 0 Å². The van der Waals surface area contributed by atoms with E-state index >= 15 is 0 Å². The number of rotatable bonds is 7. The van der Waals surface area contributed by atoms with Crippen molar-refractivity contribution in [2.45, 2.75) is 50.6 Å². The average molecular weight is 368 g/mol. The van der Waals surface area contributed by atoms with Gasteiger partial charge in [0.1, 0.15) is 11.0 Å². The van der Waals surface area contributed by atoms with E-state index in [0.29, 0.717) is 11.5 Å². The molecule has 8 heteroatoms. The first-order valence-electron chi connectivity index (χ1n) is 7.39. The molecular weight excluding hydrogens is 343 g/mol. The first kappa shape index (κ1) is 20.3. The molecule has 0 aliphatic heterocycles. The number of hydrogen-bond donors (Lipinski definition) is 1. The van der Waals surface area contributed by atoms with Crippen LogP contribution in [0.2, 0.25) is 19.6 Å². The predicted molar refractivity (Wildman–Crippen MR) is 88.9 cm³/mol. The summed E-state index contributed by atoms with van der Waals surface area (Å²) in [5.41, 5.74) is -0.749. The maximum Gasteiger partial charge on any atom is 0.416 e. The van der Waals surface area contributed by atoms with Crippen LogP contribution in [0.4, 0.5) is 13.2 Å². The number of alkyl halides is 3. The molecule has 2 atom stereocenters.